The van der Waals surface area contributed by atoms with Crippen molar-refractivity contribution in [1.82, 2.24) is 0 Å². The molecule has 0 saturated carbocycles. The Kier molecular flexibility index (Phi) is 3.87. The average molecular weight is 281 g/mol. The van der Waals surface area contributed by atoms with Crippen LogP contribution in [0.15, 0.2) is 59.3 Å². The fourth-order valence-electron chi connectivity index (χ4n) is 2.26. The normalized spacial score (nSPS) is 13.8. The standard InChI is InChI=1S/C17H15NO3/c19-18-11-15(8-13-4-2-1-3-5-13)9-14-6-7-16-17(10-14)21-12-20-16/h1-8,10-11,19H,9,12H2. The molecule has 1 aliphatic rings. The molecule has 1 N–H and O–H groups in total. The Labute approximate surface area is 122 Å². The molecule has 1 heterocycles. The zero-order valence-electron chi connectivity index (χ0n) is 11.4. The molecule has 0 aliphatic carbocycles. The van der Waals surface area contributed by atoms with Gasteiger partial charge in [-0.2, -0.15) is 0 Å². The van der Waals surface area contributed by atoms with Crippen molar-refractivity contribution in [3.63, 3.8) is 0 Å². The largest absolute Gasteiger partial charge is 0.454 e. The molecule has 3 rings (SSSR count). The lowest BCUT2D eigenvalue weighted by molar-refractivity contribution is 0.174. The van der Waals surface area contributed by atoms with Gasteiger partial charge in [-0.1, -0.05) is 41.6 Å². The second-order valence-electron chi connectivity index (χ2n) is 4.74. The number of oxime groups is 1. The summed E-state index contributed by atoms with van der Waals surface area (Å²) in [7, 11) is 0. The first-order valence-electron chi connectivity index (χ1n) is 6.67. The van der Waals surface area contributed by atoms with Crippen molar-refractivity contribution in [2.24, 2.45) is 5.16 Å². The highest BCUT2D eigenvalue weighted by Crippen LogP contribution is 2.33. The van der Waals surface area contributed by atoms with E-state index in [0.717, 1.165) is 28.2 Å². The Balaban J connectivity index is 1.84. The van der Waals surface area contributed by atoms with Crippen molar-refractivity contribution >= 4 is 12.3 Å². The fraction of sp³-hybridized carbons (Fsp3) is 0.118. The van der Waals surface area contributed by atoms with E-state index in [1.54, 1.807) is 0 Å². The average Bonchev–Trinajstić information content (AvgIpc) is 2.96. The lowest BCUT2D eigenvalue weighted by Crippen LogP contribution is -1.94. The first kappa shape index (κ1) is 13.2. The zero-order valence-corrected chi connectivity index (χ0v) is 11.4. The smallest absolute Gasteiger partial charge is 0.231 e. The van der Waals surface area contributed by atoms with Crippen LogP contribution in [0.3, 0.4) is 0 Å². The van der Waals surface area contributed by atoms with Gasteiger partial charge in [0.2, 0.25) is 6.79 Å². The van der Waals surface area contributed by atoms with Crippen molar-refractivity contribution < 1.29 is 14.7 Å². The molecule has 0 fully saturated rings. The van der Waals surface area contributed by atoms with Gasteiger partial charge in [-0.3, -0.25) is 0 Å². The van der Waals surface area contributed by atoms with Gasteiger partial charge in [0.25, 0.3) is 0 Å². The molecule has 2 aromatic carbocycles. The summed E-state index contributed by atoms with van der Waals surface area (Å²) < 4.78 is 10.7. The summed E-state index contributed by atoms with van der Waals surface area (Å²) in [5.41, 5.74) is 3.04. The van der Waals surface area contributed by atoms with E-state index >= 15 is 0 Å². The summed E-state index contributed by atoms with van der Waals surface area (Å²) in [6.45, 7) is 0.267. The van der Waals surface area contributed by atoms with Gasteiger partial charge in [0.1, 0.15) is 0 Å². The van der Waals surface area contributed by atoms with E-state index in [0.29, 0.717) is 6.42 Å². The van der Waals surface area contributed by atoms with Crippen LogP contribution in [-0.2, 0) is 6.42 Å². The minimum Gasteiger partial charge on any atom is -0.454 e. The second-order valence-corrected chi connectivity index (χ2v) is 4.74. The number of ether oxygens (including phenoxy) is 2. The van der Waals surface area contributed by atoms with Crippen LogP contribution in [0.5, 0.6) is 11.5 Å². The molecule has 0 radical (unpaired) electrons. The number of rotatable bonds is 4. The first-order valence-corrected chi connectivity index (χ1v) is 6.67. The molecule has 4 heteroatoms. The van der Waals surface area contributed by atoms with Crippen LogP contribution in [0.1, 0.15) is 11.1 Å². The molecule has 2 aromatic rings. The van der Waals surface area contributed by atoms with Gasteiger partial charge in [0, 0.05) is 0 Å². The van der Waals surface area contributed by atoms with Crippen LogP contribution in [0.25, 0.3) is 6.08 Å². The van der Waals surface area contributed by atoms with Crippen molar-refractivity contribution in [1.29, 1.82) is 0 Å². The van der Waals surface area contributed by atoms with Crippen LogP contribution < -0.4 is 9.47 Å². The fourth-order valence-corrected chi connectivity index (χ4v) is 2.26. The molecule has 0 bridgehead atoms. The SMILES string of the molecule is ON=CC(=Cc1ccccc1)Cc1ccc2c(c1)OCO2. The molecule has 106 valence electrons. The number of fused-ring (bicyclic) bond motifs is 1. The van der Waals surface area contributed by atoms with Crippen molar-refractivity contribution in [2.75, 3.05) is 6.79 Å². The lowest BCUT2D eigenvalue weighted by Gasteiger charge is -2.04. The molecule has 0 atom stereocenters. The second kappa shape index (κ2) is 6.13. The van der Waals surface area contributed by atoms with E-state index < -0.39 is 0 Å². The van der Waals surface area contributed by atoms with Crippen molar-refractivity contribution in [3.8, 4) is 11.5 Å². The van der Waals surface area contributed by atoms with E-state index in [1.165, 1.54) is 6.21 Å². The zero-order chi connectivity index (χ0) is 14.5. The van der Waals surface area contributed by atoms with Crippen LogP contribution in [0.2, 0.25) is 0 Å². The Hall–Kier alpha value is -2.75. The topological polar surface area (TPSA) is 51.1 Å². The Morgan fingerprint density at radius 1 is 1.10 bits per heavy atom. The third kappa shape index (κ3) is 3.23. The molecule has 0 saturated heterocycles. The summed E-state index contributed by atoms with van der Waals surface area (Å²) in [5, 5.41) is 12.0. The molecule has 1 aliphatic heterocycles. The molecule has 0 amide bonds. The number of hydrogen-bond donors (Lipinski definition) is 1. The highest BCUT2D eigenvalue weighted by Gasteiger charge is 2.13. The summed E-state index contributed by atoms with van der Waals surface area (Å²) in [6, 6.07) is 15.8. The van der Waals surface area contributed by atoms with Gasteiger partial charge in [-0.05, 0) is 41.3 Å². The van der Waals surface area contributed by atoms with Crippen molar-refractivity contribution in [3.05, 3.63) is 65.2 Å². The highest BCUT2D eigenvalue weighted by molar-refractivity contribution is 5.85. The quantitative estimate of drug-likeness (QED) is 0.530. The third-order valence-corrected chi connectivity index (χ3v) is 3.22. The summed E-state index contributed by atoms with van der Waals surface area (Å²) in [6.07, 6.45) is 4.09. The molecule has 0 unspecified atom stereocenters. The maximum absolute atomic E-state index is 8.83. The summed E-state index contributed by atoms with van der Waals surface area (Å²) in [4.78, 5) is 0. The van der Waals surface area contributed by atoms with Gasteiger partial charge < -0.3 is 14.7 Å². The van der Waals surface area contributed by atoms with Crippen LogP contribution >= 0.6 is 0 Å². The van der Waals surface area contributed by atoms with E-state index in [-0.39, 0.29) is 6.79 Å². The monoisotopic (exact) mass is 281 g/mol. The highest BCUT2D eigenvalue weighted by atomic mass is 16.7. The maximum Gasteiger partial charge on any atom is 0.231 e. The molecule has 0 aromatic heterocycles. The van der Waals surface area contributed by atoms with Crippen molar-refractivity contribution in [2.45, 2.75) is 6.42 Å². The van der Waals surface area contributed by atoms with Gasteiger partial charge in [0.15, 0.2) is 11.5 Å². The molecule has 0 spiro atoms. The number of benzene rings is 2. The van der Waals surface area contributed by atoms with E-state index in [4.69, 9.17) is 14.7 Å². The minimum atomic E-state index is 0.267. The maximum atomic E-state index is 8.83. The number of nitrogens with zero attached hydrogens (tertiary/aromatic N) is 1. The molecule has 4 nitrogen and oxygen atoms in total. The predicted octanol–water partition coefficient (Wildman–Crippen LogP) is 3.50. The number of allylic oxidation sites excluding steroid dienone is 1. The van der Waals surface area contributed by atoms with Crippen LogP contribution in [0.4, 0.5) is 0 Å². The van der Waals surface area contributed by atoms with E-state index in [2.05, 4.69) is 5.16 Å². The van der Waals surface area contributed by atoms with Gasteiger partial charge in [-0.25, -0.2) is 0 Å². The minimum absolute atomic E-state index is 0.267. The van der Waals surface area contributed by atoms with E-state index in [1.807, 2.05) is 54.6 Å². The molecule has 21 heavy (non-hydrogen) atoms. The van der Waals surface area contributed by atoms with E-state index in [9.17, 15) is 0 Å². The predicted molar refractivity (Wildman–Crippen MR) is 81.0 cm³/mol. The molecular formula is C17H15NO3. The van der Waals surface area contributed by atoms with Gasteiger partial charge >= 0.3 is 0 Å². The Bertz CT molecular complexity index is 678. The first-order chi connectivity index (χ1) is 10.3. The Morgan fingerprint density at radius 3 is 2.71 bits per heavy atom. The third-order valence-electron chi connectivity index (χ3n) is 3.22. The summed E-state index contributed by atoms with van der Waals surface area (Å²) >= 11 is 0. The van der Waals surface area contributed by atoms with Crippen LogP contribution in [-0.4, -0.2) is 18.2 Å². The molecular weight excluding hydrogens is 266 g/mol. The van der Waals surface area contributed by atoms with Gasteiger partial charge in [0.05, 0.1) is 6.21 Å². The lowest BCUT2D eigenvalue weighted by atomic mass is 10.0. The summed E-state index contributed by atoms with van der Waals surface area (Å²) in [5.74, 6) is 1.52. The van der Waals surface area contributed by atoms with Crippen LogP contribution in [0, 0.1) is 0 Å². The number of hydrogen-bond acceptors (Lipinski definition) is 4. The van der Waals surface area contributed by atoms with Gasteiger partial charge in [-0.15, -0.1) is 0 Å². The Morgan fingerprint density at radius 2 is 1.90 bits per heavy atom.